The van der Waals surface area contributed by atoms with Crippen LogP contribution >= 0.6 is 22.9 Å². The van der Waals surface area contributed by atoms with Gasteiger partial charge in [0.1, 0.15) is 5.01 Å². The molecule has 2 heterocycles. The van der Waals surface area contributed by atoms with Crippen LogP contribution in [0.2, 0.25) is 5.02 Å². The normalized spacial score (nSPS) is 10.9. The molecule has 21 heavy (non-hydrogen) atoms. The summed E-state index contributed by atoms with van der Waals surface area (Å²) in [5.74, 6) is 0. The second kappa shape index (κ2) is 6.89. The summed E-state index contributed by atoms with van der Waals surface area (Å²) in [6.07, 6.45) is 4.77. The molecule has 0 spiro atoms. The lowest BCUT2D eigenvalue weighted by Gasteiger charge is -2.04. The molecule has 0 radical (unpaired) electrons. The van der Waals surface area contributed by atoms with Crippen LogP contribution in [0.5, 0.6) is 0 Å². The lowest BCUT2D eigenvalue weighted by Crippen LogP contribution is -2.16. The highest BCUT2D eigenvalue weighted by Gasteiger charge is 2.05. The fraction of sp³-hybridized carbons (Fsp3) is 0.188. The molecule has 0 fully saturated rings. The summed E-state index contributed by atoms with van der Waals surface area (Å²) in [7, 11) is 0. The first-order chi connectivity index (χ1) is 10.3. The number of halogens is 1. The molecular formula is C16H16ClN3S. The average molecular weight is 318 g/mol. The summed E-state index contributed by atoms with van der Waals surface area (Å²) in [6.45, 7) is 1.68. The highest BCUT2D eigenvalue weighted by molar-refractivity contribution is 7.15. The third-order valence-corrected chi connectivity index (χ3v) is 4.62. The Morgan fingerprint density at radius 1 is 1.19 bits per heavy atom. The fourth-order valence-electron chi connectivity index (χ4n) is 2.12. The maximum Gasteiger partial charge on any atom is 0.107 e. The minimum absolute atomic E-state index is 0.788. The molecule has 2 aromatic heterocycles. The number of thiazole rings is 1. The summed E-state index contributed by atoms with van der Waals surface area (Å²) in [4.78, 5) is 8.81. The van der Waals surface area contributed by atoms with Crippen molar-refractivity contribution in [2.24, 2.45) is 0 Å². The molecule has 2 N–H and O–H groups in total. The van der Waals surface area contributed by atoms with Crippen LogP contribution in [0.15, 0.2) is 48.8 Å². The van der Waals surface area contributed by atoms with E-state index in [-0.39, 0.29) is 0 Å². The van der Waals surface area contributed by atoms with Crippen molar-refractivity contribution < 1.29 is 0 Å². The van der Waals surface area contributed by atoms with Crippen molar-refractivity contribution in [3.63, 3.8) is 0 Å². The maximum absolute atomic E-state index is 6.14. The lowest BCUT2D eigenvalue weighted by molar-refractivity contribution is 0.684. The Bertz CT molecular complexity index is 691. The standard InChI is InChI=1S/C16H16ClN3S/c17-13-5-2-1-4-12(13)7-9-18-11-16-20-10-15(21-16)14-6-3-8-19-14/h1-6,8,10,18-19H,7,9,11H2. The molecule has 0 saturated heterocycles. The number of benzene rings is 1. The number of aromatic nitrogens is 2. The van der Waals surface area contributed by atoms with Gasteiger partial charge in [-0.1, -0.05) is 29.8 Å². The van der Waals surface area contributed by atoms with Crippen LogP contribution in [0, 0.1) is 0 Å². The molecule has 3 rings (SSSR count). The van der Waals surface area contributed by atoms with E-state index in [1.54, 1.807) is 11.3 Å². The molecule has 3 nitrogen and oxygen atoms in total. The molecule has 0 aliphatic heterocycles. The molecule has 0 atom stereocenters. The zero-order valence-corrected chi connectivity index (χ0v) is 13.0. The summed E-state index contributed by atoms with van der Waals surface area (Å²) in [5.41, 5.74) is 2.30. The topological polar surface area (TPSA) is 40.7 Å². The van der Waals surface area contributed by atoms with Gasteiger partial charge in [0.05, 0.1) is 10.6 Å². The van der Waals surface area contributed by atoms with Gasteiger partial charge in [-0.3, -0.25) is 0 Å². The van der Waals surface area contributed by atoms with Crippen LogP contribution in [-0.4, -0.2) is 16.5 Å². The Morgan fingerprint density at radius 2 is 2.10 bits per heavy atom. The maximum atomic E-state index is 6.14. The minimum atomic E-state index is 0.788. The van der Waals surface area contributed by atoms with E-state index in [9.17, 15) is 0 Å². The number of H-pyrrole nitrogens is 1. The van der Waals surface area contributed by atoms with E-state index in [1.807, 2.05) is 36.7 Å². The molecule has 0 aliphatic rings. The smallest absolute Gasteiger partial charge is 0.107 e. The van der Waals surface area contributed by atoms with Gasteiger partial charge < -0.3 is 10.3 Å². The molecule has 0 aliphatic carbocycles. The molecule has 0 unspecified atom stereocenters. The number of nitrogens with one attached hydrogen (secondary N) is 2. The van der Waals surface area contributed by atoms with E-state index in [4.69, 9.17) is 11.6 Å². The van der Waals surface area contributed by atoms with E-state index in [1.165, 1.54) is 10.4 Å². The van der Waals surface area contributed by atoms with Crippen LogP contribution in [-0.2, 0) is 13.0 Å². The largest absolute Gasteiger partial charge is 0.360 e. The van der Waals surface area contributed by atoms with Crippen LogP contribution < -0.4 is 5.32 Å². The SMILES string of the molecule is Clc1ccccc1CCNCc1ncc(-c2ccc[nH]2)s1. The van der Waals surface area contributed by atoms with Crippen molar-refractivity contribution in [3.8, 4) is 10.6 Å². The number of rotatable bonds is 6. The van der Waals surface area contributed by atoms with Gasteiger partial charge >= 0.3 is 0 Å². The average Bonchev–Trinajstić information content (AvgIpc) is 3.16. The highest BCUT2D eigenvalue weighted by Crippen LogP contribution is 2.24. The Kier molecular flexibility index (Phi) is 4.70. The second-order valence-corrected chi connectivity index (χ2v) is 6.24. The molecular weight excluding hydrogens is 302 g/mol. The third kappa shape index (κ3) is 3.73. The Labute approximate surface area is 133 Å². The van der Waals surface area contributed by atoms with Crippen molar-refractivity contribution in [2.75, 3.05) is 6.54 Å². The zero-order chi connectivity index (χ0) is 14.5. The number of nitrogens with zero attached hydrogens (tertiary/aromatic N) is 1. The Hall–Kier alpha value is -1.62. The molecule has 5 heteroatoms. The number of aromatic amines is 1. The summed E-state index contributed by atoms with van der Waals surface area (Å²) in [5, 5.41) is 5.35. The van der Waals surface area contributed by atoms with Gasteiger partial charge in [-0.2, -0.15) is 0 Å². The first kappa shape index (κ1) is 14.3. The van der Waals surface area contributed by atoms with E-state index in [0.29, 0.717) is 0 Å². The van der Waals surface area contributed by atoms with Gasteiger partial charge in [0.25, 0.3) is 0 Å². The van der Waals surface area contributed by atoms with E-state index in [2.05, 4.69) is 27.4 Å². The molecule has 3 aromatic rings. The minimum Gasteiger partial charge on any atom is -0.360 e. The van der Waals surface area contributed by atoms with E-state index < -0.39 is 0 Å². The third-order valence-electron chi connectivity index (χ3n) is 3.22. The van der Waals surface area contributed by atoms with Crippen molar-refractivity contribution in [2.45, 2.75) is 13.0 Å². The summed E-state index contributed by atoms with van der Waals surface area (Å²) in [6, 6.07) is 12.0. The van der Waals surface area contributed by atoms with Crippen LogP contribution in [0.3, 0.4) is 0 Å². The second-order valence-electron chi connectivity index (χ2n) is 4.72. The first-order valence-electron chi connectivity index (χ1n) is 6.85. The monoisotopic (exact) mass is 317 g/mol. The van der Waals surface area contributed by atoms with Gasteiger partial charge in [0, 0.05) is 24.0 Å². The van der Waals surface area contributed by atoms with E-state index in [0.717, 1.165) is 35.2 Å². The zero-order valence-electron chi connectivity index (χ0n) is 11.5. The summed E-state index contributed by atoms with van der Waals surface area (Å²) < 4.78 is 0. The van der Waals surface area contributed by atoms with Gasteiger partial charge in [-0.25, -0.2) is 4.98 Å². The van der Waals surface area contributed by atoms with Crippen LogP contribution in [0.25, 0.3) is 10.6 Å². The van der Waals surface area contributed by atoms with Crippen LogP contribution in [0.4, 0.5) is 0 Å². The summed E-state index contributed by atoms with van der Waals surface area (Å²) >= 11 is 7.85. The van der Waals surface area contributed by atoms with Gasteiger partial charge in [0.15, 0.2) is 0 Å². The Morgan fingerprint density at radius 3 is 2.90 bits per heavy atom. The van der Waals surface area contributed by atoms with E-state index >= 15 is 0 Å². The highest BCUT2D eigenvalue weighted by atomic mass is 35.5. The quantitative estimate of drug-likeness (QED) is 0.671. The van der Waals surface area contributed by atoms with Gasteiger partial charge in [0.2, 0.25) is 0 Å². The molecule has 0 saturated carbocycles. The molecule has 1 aromatic carbocycles. The number of hydrogen-bond acceptors (Lipinski definition) is 3. The predicted octanol–water partition coefficient (Wildman–Crippen LogP) is 4.12. The lowest BCUT2D eigenvalue weighted by atomic mass is 10.1. The molecule has 0 bridgehead atoms. The van der Waals surface area contributed by atoms with Crippen molar-refractivity contribution in [3.05, 3.63) is 64.4 Å². The van der Waals surface area contributed by atoms with Gasteiger partial charge in [-0.05, 0) is 36.7 Å². The van der Waals surface area contributed by atoms with Crippen molar-refractivity contribution in [1.29, 1.82) is 0 Å². The predicted molar refractivity (Wildman–Crippen MR) is 88.8 cm³/mol. The number of hydrogen-bond donors (Lipinski definition) is 2. The van der Waals surface area contributed by atoms with Crippen LogP contribution in [0.1, 0.15) is 10.6 Å². The Balaban J connectivity index is 1.49. The van der Waals surface area contributed by atoms with Crippen molar-refractivity contribution >= 4 is 22.9 Å². The molecule has 0 amide bonds. The first-order valence-corrected chi connectivity index (χ1v) is 8.05. The molecule has 108 valence electrons. The van der Waals surface area contributed by atoms with Crippen molar-refractivity contribution in [1.82, 2.24) is 15.3 Å². The fourth-order valence-corrected chi connectivity index (χ4v) is 3.23. The van der Waals surface area contributed by atoms with Gasteiger partial charge in [-0.15, -0.1) is 11.3 Å².